The van der Waals surface area contributed by atoms with Gasteiger partial charge in [0, 0.05) is 45.0 Å². The maximum atomic E-state index is 7.01. The first-order valence-corrected chi connectivity index (χ1v) is 21.0. The lowest BCUT2D eigenvalue weighted by Crippen LogP contribution is -2.27. The van der Waals surface area contributed by atoms with E-state index in [0.717, 1.165) is 29.9 Å². The Kier molecular flexibility index (Phi) is 9.08. The molecule has 0 amide bonds. The monoisotopic (exact) mass is 760 g/mol. The van der Waals surface area contributed by atoms with Gasteiger partial charge in [-0.05, 0) is 163 Å². The highest BCUT2D eigenvalue weighted by atomic mass is 16.3. The quantitative estimate of drug-likeness (QED) is 0.168. The highest BCUT2D eigenvalue weighted by Crippen LogP contribution is 2.55. The standard InChI is InChI=1S/C55H56N2O/c1-34-25-35(2)28-45(27-34)56(42-19-15-40(16-20-42)54(5,6)7)44-23-24-47-38(32-44)31-39-33-49(52-48-13-11-12-14-50(48)58-53(52)51(39)47)57(46-29-36(3)26-37(4)30-46)43-21-17-41(18-22-43)55(8,9)10/h11-30,32,49H,31,33H2,1-10H3. The van der Waals surface area contributed by atoms with E-state index in [1.807, 2.05) is 0 Å². The number of anilines is 5. The Labute approximate surface area is 345 Å². The van der Waals surface area contributed by atoms with E-state index in [0.29, 0.717) is 0 Å². The average molecular weight is 761 g/mol. The van der Waals surface area contributed by atoms with Crippen LogP contribution in [0.15, 0.2) is 137 Å². The predicted molar refractivity (Wildman–Crippen MR) is 246 cm³/mol. The number of aryl methyl sites for hydroxylation is 4. The molecule has 3 heteroatoms. The van der Waals surface area contributed by atoms with Crippen LogP contribution >= 0.6 is 0 Å². The van der Waals surface area contributed by atoms with Crippen molar-refractivity contribution in [2.45, 2.75) is 99.0 Å². The summed E-state index contributed by atoms with van der Waals surface area (Å²) in [5.41, 5.74) is 21.4. The van der Waals surface area contributed by atoms with Crippen molar-refractivity contribution in [2.75, 3.05) is 9.80 Å². The summed E-state index contributed by atoms with van der Waals surface area (Å²) in [4.78, 5) is 5.02. The van der Waals surface area contributed by atoms with Gasteiger partial charge in [-0.1, -0.05) is 108 Å². The van der Waals surface area contributed by atoms with Crippen molar-refractivity contribution in [3.8, 4) is 0 Å². The van der Waals surface area contributed by atoms with Crippen molar-refractivity contribution >= 4 is 45.0 Å². The second-order valence-electron chi connectivity index (χ2n) is 19.0. The molecule has 0 radical (unpaired) electrons. The molecule has 0 N–H and O–H groups in total. The second-order valence-corrected chi connectivity index (χ2v) is 19.0. The first-order chi connectivity index (χ1) is 27.6. The number of benzene rings is 6. The molecule has 1 aromatic heterocycles. The Morgan fingerprint density at radius 2 is 1.07 bits per heavy atom. The highest BCUT2D eigenvalue weighted by Gasteiger charge is 2.40. The van der Waals surface area contributed by atoms with Gasteiger partial charge in [-0.3, -0.25) is 0 Å². The minimum atomic E-state index is 0.0426. The summed E-state index contributed by atoms with van der Waals surface area (Å²) >= 11 is 0. The second kappa shape index (κ2) is 13.9. The number of hydrogen-bond donors (Lipinski definition) is 0. The SMILES string of the molecule is Cc1cc(C)cc(N(c2ccc(C(C)(C)C)cc2)c2ccc3c(c2)CC2=C3c3oc4ccccc4c3C(N(c3ccc(C(C)(C)C)cc3)c3cc(C)cc(C)c3)C2)c1. The van der Waals surface area contributed by atoms with Crippen LogP contribution in [0.1, 0.15) is 110 Å². The predicted octanol–water partition coefficient (Wildman–Crippen LogP) is 15.4. The lowest BCUT2D eigenvalue weighted by atomic mass is 9.84. The molecule has 7 aromatic rings. The van der Waals surface area contributed by atoms with Gasteiger partial charge < -0.3 is 14.2 Å². The molecule has 0 fully saturated rings. The van der Waals surface area contributed by atoms with Crippen molar-refractivity contribution < 1.29 is 4.42 Å². The fraction of sp³-hybridized carbons (Fsp3) is 0.273. The van der Waals surface area contributed by atoms with E-state index in [1.165, 1.54) is 89.4 Å². The summed E-state index contributed by atoms with van der Waals surface area (Å²) in [6.45, 7) is 22.5. The normalized spacial score (nSPS) is 15.0. The van der Waals surface area contributed by atoms with Crippen LogP contribution in [0.2, 0.25) is 0 Å². The molecule has 3 nitrogen and oxygen atoms in total. The largest absolute Gasteiger partial charge is 0.456 e. The van der Waals surface area contributed by atoms with Crippen molar-refractivity contribution in [2.24, 2.45) is 0 Å². The molecule has 2 aliphatic carbocycles. The first-order valence-electron chi connectivity index (χ1n) is 21.0. The zero-order valence-corrected chi connectivity index (χ0v) is 35.9. The molecular formula is C55H56N2O. The average Bonchev–Trinajstić information content (AvgIpc) is 3.72. The van der Waals surface area contributed by atoms with Crippen LogP contribution in [0.25, 0.3) is 16.5 Å². The van der Waals surface area contributed by atoms with E-state index in [4.69, 9.17) is 4.42 Å². The Morgan fingerprint density at radius 3 is 1.66 bits per heavy atom. The van der Waals surface area contributed by atoms with E-state index in [2.05, 4.69) is 206 Å². The van der Waals surface area contributed by atoms with Gasteiger partial charge in [0.1, 0.15) is 11.3 Å². The van der Waals surface area contributed by atoms with Crippen molar-refractivity contribution in [1.82, 2.24) is 0 Å². The van der Waals surface area contributed by atoms with Gasteiger partial charge in [-0.2, -0.15) is 0 Å². The summed E-state index contributed by atoms with van der Waals surface area (Å²) in [7, 11) is 0. The van der Waals surface area contributed by atoms with Gasteiger partial charge in [0.05, 0.1) is 6.04 Å². The molecular weight excluding hydrogens is 705 g/mol. The van der Waals surface area contributed by atoms with Crippen LogP contribution < -0.4 is 9.80 Å². The van der Waals surface area contributed by atoms with Crippen LogP contribution in [0.3, 0.4) is 0 Å². The molecule has 6 aromatic carbocycles. The van der Waals surface area contributed by atoms with Crippen LogP contribution in [-0.4, -0.2) is 0 Å². The Bertz CT molecular complexity index is 2690. The molecule has 0 aliphatic heterocycles. The summed E-state index contributed by atoms with van der Waals surface area (Å²) < 4.78 is 7.01. The molecule has 292 valence electrons. The molecule has 2 aliphatic rings. The Hall–Kier alpha value is -5.80. The third-order valence-corrected chi connectivity index (χ3v) is 12.3. The van der Waals surface area contributed by atoms with Gasteiger partial charge >= 0.3 is 0 Å². The lowest BCUT2D eigenvalue weighted by Gasteiger charge is -2.37. The number of para-hydroxylation sites is 1. The maximum absolute atomic E-state index is 7.01. The molecule has 1 heterocycles. The molecule has 1 atom stereocenters. The molecule has 0 bridgehead atoms. The van der Waals surface area contributed by atoms with Gasteiger partial charge in [-0.25, -0.2) is 0 Å². The van der Waals surface area contributed by atoms with Crippen LogP contribution in [0, 0.1) is 27.7 Å². The lowest BCUT2D eigenvalue weighted by molar-refractivity contribution is 0.569. The zero-order valence-electron chi connectivity index (χ0n) is 35.9. The molecule has 0 spiro atoms. The van der Waals surface area contributed by atoms with Crippen molar-refractivity contribution in [3.63, 3.8) is 0 Å². The minimum Gasteiger partial charge on any atom is -0.456 e. The first kappa shape index (κ1) is 37.8. The molecule has 9 rings (SSSR count). The molecule has 1 unspecified atom stereocenters. The summed E-state index contributed by atoms with van der Waals surface area (Å²) in [6.07, 6.45) is 1.79. The van der Waals surface area contributed by atoms with E-state index in [1.54, 1.807) is 0 Å². The number of hydrogen-bond acceptors (Lipinski definition) is 3. The summed E-state index contributed by atoms with van der Waals surface area (Å²) in [5, 5.41) is 1.19. The Morgan fingerprint density at radius 1 is 0.534 bits per heavy atom. The van der Waals surface area contributed by atoms with E-state index < -0.39 is 0 Å². The van der Waals surface area contributed by atoms with Crippen LogP contribution in [-0.2, 0) is 17.3 Å². The van der Waals surface area contributed by atoms with Gasteiger partial charge in [0.25, 0.3) is 0 Å². The van der Waals surface area contributed by atoms with Crippen molar-refractivity contribution in [3.05, 3.63) is 189 Å². The van der Waals surface area contributed by atoms with Crippen LogP contribution in [0.4, 0.5) is 28.4 Å². The fourth-order valence-electron chi connectivity index (χ4n) is 9.57. The summed E-state index contributed by atoms with van der Waals surface area (Å²) in [6, 6.07) is 48.1. The van der Waals surface area contributed by atoms with Gasteiger partial charge in [-0.15, -0.1) is 0 Å². The smallest absolute Gasteiger partial charge is 0.141 e. The van der Waals surface area contributed by atoms with Gasteiger partial charge in [0.15, 0.2) is 0 Å². The fourth-order valence-corrected chi connectivity index (χ4v) is 9.57. The Balaban J connectivity index is 1.18. The van der Waals surface area contributed by atoms with E-state index in [9.17, 15) is 0 Å². The van der Waals surface area contributed by atoms with Crippen molar-refractivity contribution in [1.29, 1.82) is 0 Å². The van der Waals surface area contributed by atoms with Gasteiger partial charge in [0.2, 0.25) is 0 Å². The number of furan rings is 1. The topological polar surface area (TPSA) is 19.6 Å². The number of nitrogens with zero attached hydrogens (tertiary/aromatic N) is 2. The maximum Gasteiger partial charge on any atom is 0.141 e. The highest BCUT2D eigenvalue weighted by molar-refractivity contribution is 5.97. The molecule has 58 heavy (non-hydrogen) atoms. The van der Waals surface area contributed by atoms with E-state index >= 15 is 0 Å². The third kappa shape index (κ3) is 6.75. The molecule has 0 saturated carbocycles. The van der Waals surface area contributed by atoms with E-state index in [-0.39, 0.29) is 16.9 Å². The number of rotatable bonds is 6. The van der Waals surface area contributed by atoms with Crippen LogP contribution in [0.5, 0.6) is 0 Å². The third-order valence-electron chi connectivity index (χ3n) is 12.3. The number of fused-ring (bicyclic) bond motifs is 6. The summed E-state index contributed by atoms with van der Waals surface area (Å²) in [5.74, 6) is 1.02. The zero-order chi connectivity index (χ0) is 40.7. The molecule has 0 saturated heterocycles. The minimum absolute atomic E-state index is 0.0426.